The number of aryl methyl sites for hydroxylation is 2. The zero-order valence-corrected chi connectivity index (χ0v) is 12.5. The van der Waals surface area contributed by atoms with Gasteiger partial charge in [-0.15, -0.1) is 0 Å². The summed E-state index contributed by atoms with van der Waals surface area (Å²) in [6, 6.07) is 2.37. The number of methoxy groups -OCH3 is 1. The van der Waals surface area contributed by atoms with E-state index in [1.54, 1.807) is 27.0 Å². The fraction of sp³-hybridized carbons (Fsp3) is 0.500. The van der Waals surface area contributed by atoms with Crippen molar-refractivity contribution >= 4 is 17.3 Å². The van der Waals surface area contributed by atoms with E-state index >= 15 is 0 Å². The minimum atomic E-state index is -0.667. The SMILES string of the molecule is COCCCC(N)C(=O)Nc1cc([N+](=O)[O-])c(C)cc1C. The first-order valence-electron chi connectivity index (χ1n) is 6.67. The van der Waals surface area contributed by atoms with Crippen LogP contribution >= 0.6 is 0 Å². The number of carbonyl (C=O) groups is 1. The predicted molar refractivity (Wildman–Crippen MR) is 80.3 cm³/mol. The summed E-state index contributed by atoms with van der Waals surface area (Å²) in [6.07, 6.45) is 1.17. The Morgan fingerprint density at radius 1 is 1.43 bits per heavy atom. The van der Waals surface area contributed by atoms with Gasteiger partial charge in [-0.05, 0) is 38.3 Å². The summed E-state index contributed by atoms with van der Waals surface area (Å²) < 4.78 is 4.90. The van der Waals surface area contributed by atoms with Crippen molar-refractivity contribution in [2.75, 3.05) is 19.0 Å². The number of rotatable bonds is 7. The van der Waals surface area contributed by atoms with E-state index in [1.165, 1.54) is 6.07 Å². The van der Waals surface area contributed by atoms with E-state index in [0.717, 1.165) is 5.56 Å². The number of nitrogens with zero attached hydrogens (tertiary/aromatic N) is 1. The minimum Gasteiger partial charge on any atom is -0.385 e. The molecule has 1 atom stereocenters. The number of nitrogens with one attached hydrogen (secondary N) is 1. The second-order valence-corrected chi connectivity index (χ2v) is 4.94. The minimum absolute atomic E-state index is 0.0242. The lowest BCUT2D eigenvalue weighted by atomic mass is 10.1. The number of nitro groups is 1. The quantitative estimate of drug-likeness (QED) is 0.454. The second kappa shape index (κ2) is 7.70. The van der Waals surface area contributed by atoms with Gasteiger partial charge < -0.3 is 15.8 Å². The predicted octanol–water partition coefficient (Wildman–Crippen LogP) is 1.90. The zero-order chi connectivity index (χ0) is 16.0. The lowest BCUT2D eigenvalue weighted by Crippen LogP contribution is -2.36. The second-order valence-electron chi connectivity index (χ2n) is 4.94. The van der Waals surface area contributed by atoms with Crippen LogP contribution in [0.5, 0.6) is 0 Å². The van der Waals surface area contributed by atoms with E-state index < -0.39 is 11.0 Å². The number of hydrogen-bond donors (Lipinski definition) is 2. The highest BCUT2D eigenvalue weighted by atomic mass is 16.6. The van der Waals surface area contributed by atoms with Gasteiger partial charge >= 0.3 is 0 Å². The van der Waals surface area contributed by atoms with Gasteiger partial charge in [-0.25, -0.2) is 0 Å². The number of ether oxygens (including phenoxy) is 1. The molecule has 0 fully saturated rings. The summed E-state index contributed by atoms with van der Waals surface area (Å²) in [5, 5.41) is 13.6. The highest BCUT2D eigenvalue weighted by molar-refractivity contribution is 5.95. The van der Waals surface area contributed by atoms with Gasteiger partial charge in [-0.2, -0.15) is 0 Å². The summed E-state index contributed by atoms with van der Waals surface area (Å²) in [4.78, 5) is 22.4. The Bertz CT molecular complexity index is 531. The maximum atomic E-state index is 12.0. The van der Waals surface area contributed by atoms with Crippen molar-refractivity contribution in [1.29, 1.82) is 0 Å². The molecule has 1 rings (SSSR count). The molecule has 1 aromatic carbocycles. The molecule has 0 aliphatic carbocycles. The van der Waals surface area contributed by atoms with Crippen LogP contribution in [0.15, 0.2) is 12.1 Å². The molecule has 0 saturated carbocycles. The molecule has 1 aromatic rings. The fourth-order valence-electron chi connectivity index (χ4n) is 1.98. The van der Waals surface area contributed by atoms with Gasteiger partial charge in [0, 0.05) is 25.3 Å². The van der Waals surface area contributed by atoms with E-state index in [2.05, 4.69) is 5.32 Å². The third-order valence-corrected chi connectivity index (χ3v) is 3.20. The van der Waals surface area contributed by atoms with Gasteiger partial charge in [0.1, 0.15) is 0 Å². The molecule has 0 aliphatic heterocycles. The maximum absolute atomic E-state index is 12.0. The van der Waals surface area contributed by atoms with Crippen LogP contribution in [0.1, 0.15) is 24.0 Å². The van der Waals surface area contributed by atoms with Crippen molar-refractivity contribution in [2.45, 2.75) is 32.7 Å². The molecule has 0 aromatic heterocycles. The van der Waals surface area contributed by atoms with Crippen LogP contribution in [0, 0.1) is 24.0 Å². The molecule has 1 amide bonds. The first-order chi connectivity index (χ1) is 9.86. The first kappa shape index (κ1) is 17.1. The summed E-state index contributed by atoms with van der Waals surface area (Å²) in [6.45, 7) is 3.98. The van der Waals surface area contributed by atoms with E-state index in [0.29, 0.717) is 30.7 Å². The molecule has 21 heavy (non-hydrogen) atoms. The summed E-state index contributed by atoms with van der Waals surface area (Å²) in [7, 11) is 1.58. The summed E-state index contributed by atoms with van der Waals surface area (Å²) >= 11 is 0. The number of carbonyl (C=O) groups excluding carboxylic acids is 1. The molecule has 116 valence electrons. The Hall–Kier alpha value is -1.99. The van der Waals surface area contributed by atoms with Crippen molar-refractivity contribution in [3.8, 4) is 0 Å². The highest BCUT2D eigenvalue weighted by Crippen LogP contribution is 2.26. The van der Waals surface area contributed by atoms with Crippen LogP contribution < -0.4 is 11.1 Å². The van der Waals surface area contributed by atoms with E-state index in [9.17, 15) is 14.9 Å². The monoisotopic (exact) mass is 295 g/mol. The van der Waals surface area contributed by atoms with Gasteiger partial charge in [0.2, 0.25) is 5.91 Å². The molecule has 0 aliphatic rings. The smallest absolute Gasteiger partial charge is 0.274 e. The van der Waals surface area contributed by atoms with Crippen LogP contribution in [0.4, 0.5) is 11.4 Å². The Labute approximate surface area is 123 Å². The normalized spacial score (nSPS) is 12.0. The van der Waals surface area contributed by atoms with Gasteiger partial charge in [0.15, 0.2) is 0 Å². The third-order valence-electron chi connectivity index (χ3n) is 3.20. The number of anilines is 1. The topological polar surface area (TPSA) is 107 Å². The molecule has 7 heteroatoms. The van der Waals surface area contributed by atoms with Crippen LogP contribution in [-0.2, 0) is 9.53 Å². The van der Waals surface area contributed by atoms with Crippen molar-refractivity contribution in [1.82, 2.24) is 0 Å². The molecule has 0 radical (unpaired) electrons. The lowest BCUT2D eigenvalue weighted by molar-refractivity contribution is -0.385. The molecular weight excluding hydrogens is 274 g/mol. The standard InChI is InChI=1S/C14H21N3O4/c1-9-7-10(2)13(17(19)20)8-12(9)16-14(18)11(15)5-4-6-21-3/h7-8,11H,4-6,15H2,1-3H3,(H,16,18). The Balaban J connectivity index is 2.80. The highest BCUT2D eigenvalue weighted by Gasteiger charge is 2.18. The number of amides is 1. The lowest BCUT2D eigenvalue weighted by Gasteiger charge is -2.14. The van der Waals surface area contributed by atoms with Crippen molar-refractivity contribution in [3.63, 3.8) is 0 Å². The van der Waals surface area contributed by atoms with Gasteiger partial charge in [-0.1, -0.05) is 0 Å². The number of nitro benzene ring substituents is 1. The molecular formula is C14H21N3O4. The fourth-order valence-corrected chi connectivity index (χ4v) is 1.98. The largest absolute Gasteiger partial charge is 0.385 e. The number of nitrogens with two attached hydrogens (primary N) is 1. The first-order valence-corrected chi connectivity index (χ1v) is 6.67. The van der Waals surface area contributed by atoms with Crippen LogP contribution in [0.3, 0.4) is 0 Å². The van der Waals surface area contributed by atoms with Crippen molar-refractivity contribution < 1.29 is 14.5 Å². The molecule has 0 bridgehead atoms. The van der Waals surface area contributed by atoms with Gasteiger partial charge in [0.05, 0.1) is 16.7 Å². The molecule has 3 N–H and O–H groups in total. The van der Waals surface area contributed by atoms with E-state index in [4.69, 9.17) is 10.5 Å². The molecule has 0 saturated heterocycles. The molecule has 0 spiro atoms. The average molecular weight is 295 g/mol. The average Bonchev–Trinajstić information content (AvgIpc) is 2.41. The van der Waals surface area contributed by atoms with Crippen LogP contribution in [0.2, 0.25) is 0 Å². The van der Waals surface area contributed by atoms with Crippen LogP contribution in [-0.4, -0.2) is 30.6 Å². The van der Waals surface area contributed by atoms with Gasteiger partial charge in [-0.3, -0.25) is 14.9 Å². The Morgan fingerprint density at radius 2 is 2.10 bits per heavy atom. The molecule has 7 nitrogen and oxygen atoms in total. The molecule has 0 heterocycles. The Kier molecular flexibility index (Phi) is 6.26. The number of hydrogen-bond acceptors (Lipinski definition) is 5. The van der Waals surface area contributed by atoms with Crippen molar-refractivity contribution in [3.05, 3.63) is 33.4 Å². The summed E-state index contributed by atoms with van der Waals surface area (Å²) in [5.41, 5.74) is 7.49. The maximum Gasteiger partial charge on any atom is 0.274 e. The van der Waals surface area contributed by atoms with E-state index in [-0.39, 0.29) is 11.6 Å². The van der Waals surface area contributed by atoms with E-state index in [1.807, 2.05) is 0 Å². The third kappa shape index (κ3) is 4.80. The zero-order valence-electron chi connectivity index (χ0n) is 12.5. The number of benzene rings is 1. The van der Waals surface area contributed by atoms with Gasteiger partial charge in [0.25, 0.3) is 5.69 Å². The van der Waals surface area contributed by atoms with Crippen LogP contribution in [0.25, 0.3) is 0 Å². The molecule has 1 unspecified atom stereocenters. The van der Waals surface area contributed by atoms with Crippen molar-refractivity contribution in [2.24, 2.45) is 5.73 Å². The Morgan fingerprint density at radius 3 is 2.67 bits per heavy atom. The summed E-state index contributed by atoms with van der Waals surface area (Å²) in [5.74, 6) is -0.354.